The lowest BCUT2D eigenvalue weighted by molar-refractivity contribution is 0.0576. The number of hydrogen-bond acceptors (Lipinski definition) is 2. The molecule has 0 spiro atoms. The molecule has 1 saturated carbocycles. The van der Waals surface area contributed by atoms with E-state index in [9.17, 15) is 4.79 Å². The summed E-state index contributed by atoms with van der Waals surface area (Å²) in [4.78, 5) is 15.2. The highest BCUT2D eigenvalue weighted by Crippen LogP contribution is 2.26. The molecule has 2 aromatic heterocycles. The molecule has 0 N–H and O–H groups in total. The number of hydrogen-bond donors (Lipinski definition) is 0. The van der Waals surface area contributed by atoms with Crippen molar-refractivity contribution in [1.82, 2.24) is 9.47 Å². The summed E-state index contributed by atoms with van der Waals surface area (Å²) < 4.78 is 7.59. The van der Waals surface area contributed by atoms with E-state index in [0.29, 0.717) is 18.8 Å². The average molecular weight is 397 g/mol. The minimum Gasteiger partial charge on any atom is -0.459 e. The third kappa shape index (κ3) is 4.17. The van der Waals surface area contributed by atoms with E-state index >= 15 is 0 Å². The Labute approximate surface area is 170 Å². The number of aromatic nitrogens is 1. The van der Waals surface area contributed by atoms with Crippen LogP contribution < -0.4 is 0 Å². The Balaban J connectivity index is 1.58. The van der Waals surface area contributed by atoms with E-state index in [2.05, 4.69) is 16.8 Å². The van der Waals surface area contributed by atoms with Gasteiger partial charge in [0.1, 0.15) is 0 Å². The molecular weight excluding hydrogens is 372 g/mol. The van der Waals surface area contributed by atoms with Crippen LogP contribution in [0, 0.1) is 0 Å². The number of carbonyl (C=O) groups excluding carboxylic acids is 1. The molecule has 1 amide bonds. The molecule has 1 aliphatic rings. The highest BCUT2D eigenvalue weighted by molar-refractivity contribution is 6.31. The van der Waals surface area contributed by atoms with Gasteiger partial charge in [0.25, 0.3) is 5.91 Å². The van der Waals surface area contributed by atoms with Crippen molar-refractivity contribution < 1.29 is 9.21 Å². The van der Waals surface area contributed by atoms with Gasteiger partial charge < -0.3 is 13.9 Å². The summed E-state index contributed by atoms with van der Waals surface area (Å²) >= 11 is 6.35. The van der Waals surface area contributed by atoms with Crippen molar-refractivity contribution in [1.29, 1.82) is 0 Å². The first kappa shape index (κ1) is 18.9. The zero-order valence-corrected chi connectivity index (χ0v) is 16.6. The monoisotopic (exact) mass is 396 g/mol. The van der Waals surface area contributed by atoms with E-state index in [1.807, 2.05) is 35.2 Å². The van der Waals surface area contributed by atoms with E-state index in [1.54, 1.807) is 18.4 Å². The predicted octanol–water partition coefficient (Wildman–Crippen LogP) is 5.76. The van der Waals surface area contributed by atoms with Crippen molar-refractivity contribution in [2.24, 2.45) is 0 Å². The maximum Gasteiger partial charge on any atom is 0.290 e. The summed E-state index contributed by atoms with van der Waals surface area (Å²) in [6.07, 6.45) is 9.32. The SMILES string of the molecule is O=C(c1ccco1)N(Cc1cccn1Cc1ccccc1Cl)C1CCCCC1. The predicted molar refractivity (Wildman–Crippen MR) is 110 cm³/mol. The molecule has 0 saturated heterocycles. The molecule has 1 aromatic carbocycles. The van der Waals surface area contributed by atoms with Crippen LogP contribution >= 0.6 is 11.6 Å². The highest BCUT2D eigenvalue weighted by Gasteiger charge is 2.28. The van der Waals surface area contributed by atoms with Gasteiger partial charge in [-0.15, -0.1) is 0 Å². The summed E-state index contributed by atoms with van der Waals surface area (Å²) in [6, 6.07) is 15.8. The van der Waals surface area contributed by atoms with Gasteiger partial charge in [-0.25, -0.2) is 0 Å². The van der Waals surface area contributed by atoms with Crippen LogP contribution in [0.4, 0.5) is 0 Å². The van der Waals surface area contributed by atoms with Crippen molar-refractivity contribution in [3.05, 3.63) is 83.0 Å². The van der Waals surface area contributed by atoms with Gasteiger partial charge in [0.15, 0.2) is 5.76 Å². The lowest BCUT2D eigenvalue weighted by atomic mass is 9.94. The number of furan rings is 1. The standard InChI is InChI=1S/C23H25ClN2O2/c24-21-12-5-4-8-18(21)16-25-14-6-11-20(25)17-26(19-9-2-1-3-10-19)23(27)22-13-7-15-28-22/h4-8,11-15,19H,1-3,9-10,16-17H2. The van der Waals surface area contributed by atoms with Crippen LogP contribution in [0.5, 0.6) is 0 Å². The summed E-state index contributed by atoms with van der Waals surface area (Å²) in [7, 11) is 0. The highest BCUT2D eigenvalue weighted by atomic mass is 35.5. The van der Waals surface area contributed by atoms with E-state index in [-0.39, 0.29) is 11.9 Å². The summed E-state index contributed by atoms with van der Waals surface area (Å²) in [5, 5.41) is 0.762. The molecule has 3 aromatic rings. The third-order valence-electron chi connectivity index (χ3n) is 5.56. The van der Waals surface area contributed by atoms with Crippen LogP contribution in [-0.4, -0.2) is 21.4 Å². The first-order valence-corrected chi connectivity index (χ1v) is 10.3. The fraction of sp³-hybridized carbons (Fsp3) is 0.348. The van der Waals surface area contributed by atoms with Gasteiger partial charge in [-0.05, 0) is 48.7 Å². The van der Waals surface area contributed by atoms with E-state index in [1.165, 1.54) is 19.3 Å². The second-order valence-electron chi connectivity index (χ2n) is 7.42. The van der Waals surface area contributed by atoms with E-state index in [4.69, 9.17) is 16.0 Å². The van der Waals surface area contributed by atoms with Crippen molar-refractivity contribution in [3.63, 3.8) is 0 Å². The third-order valence-corrected chi connectivity index (χ3v) is 5.93. The largest absolute Gasteiger partial charge is 0.459 e. The maximum absolute atomic E-state index is 13.2. The Morgan fingerprint density at radius 1 is 1.07 bits per heavy atom. The van der Waals surface area contributed by atoms with Crippen LogP contribution in [0.15, 0.2) is 65.4 Å². The quantitative estimate of drug-likeness (QED) is 0.531. The zero-order chi connectivity index (χ0) is 19.3. The Morgan fingerprint density at radius 2 is 1.89 bits per heavy atom. The van der Waals surface area contributed by atoms with Gasteiger partial charge in [0.05, 0.1) is 12.8 Å². The number of amides is 1. The van der Waals surface area contributed by atoms with Crippen LogP contribution in [0.3, 0.4) is 0 Å². The Hall–Kier alpha value is -2.46. The number of rotatable bonds is 6. The number of halogens is 1. The van der Waals surface area contributed by atoms with Crippen LogP contribution in [0.1, 0.15) is 53.9 Å². The molecule has 4 nitrogen and oxygen atoms in total. The Kier molecular flexibility index (Phi) is 5.87. The summed E-state index contributed by atoms with van der Waals surface area (Å²) in [6.45, 7) is 1.26. The first-order valence-electron chi connectivity index (χ1n) is 9.94. The molecule has 146 valence electrons. The molecule has 1 aliphatic carbocycles. The molecule has 0 radical (unpaired) electrons. The topological polar surface area (TPSA) is 38.4 Å². The molecule has 0 bridgehead atoms. The minimum atomic E-state index is -0.0256. The molecule has 5 heteroatoms. The normalized spacial score (nSPS) is 14.9. The molecular formula is C23H25ClN2O2. The number of nitrogens with zero attached hydrogens (tertiary/aromatic N) is 2. The van der Waals surface area contributed by atoms with Crippen LogP contribution in [-0.2, 0) is 13.1 Å². The van der Waals surface area contributed by atoms with Gasteiger partial charge in [0, 0.05) is 29.5 Å². The molecule has 4 rings (SSSR count). The first-order chi connectivity index (χ1) is 13.7. The van der Waals surface area contributed by atoms with E-state index < -0.39 is 0 Å². The summed E-state index contributed by atoms with van der Waals surface area (Å²) in [5.41, 5.74) is 2.17. The lowest BCUT2D eigenvalue weighted by Gasteiger charge is -2.34. The fourth-order valence-electron chi connectivity index (χ4n) is 4.03. The zero-order valence-electron chi connectivity index (χ0n) is 15.9. The van der Waals surface area contributed by atoms with Gasteiger partial charge in [-0.2, -0.15) is 0 Å². The molecule has 28 heavy (non-hydrogen) atoms. The van der Waals surface area contributed by atoms with E-state index in [0.717, 1.165) is 29.1 Å². The number of carbonyl (C=O) groups is 1. The summed E-state index contributed by atoms with van der Waals surface area (Å²) in [5.74, 6) is 0.386. The van der Waals surface area contributed by atoms with Crippen molar-refractivity contribution in [2.75, 3.05) is 0 Å². The van der Waals surface area contributed by atoms with Gasteiger partial charge in [-0.3, -0.25) is 4.79 Å². The molecule has 0 aliphatic heterocycles. The second kappa shape index (κ2) is 8.70. The van der Waals surface area contributed by atoms with Gasteiger partial charge in [0.2, 0.25) is 0 Å². The Bertz CT molecular complexity index is 910. The molecule has 1 fully saturated rings. The molecule has 0 atom stereocenters. The Morgan fingerprint density at radius 3 is 2.64 bits per heavy atom. The smallest absolute Gasteiger partial charge is 0.290 e. The maximum atomic E-state index is 13.2. The lowest BCUT2D eigenvalue weighted by Crippen LogP contribution is -2.41. The fourth-order valence-corrected chi connectivity index (χ4v) is 4.23. The van der Waals surface area contributed by atoms with Crippen LogP contribution in [0.25, 0.3) is 0 Å². The second-order valence-corrected chi connectivity index (χ2v) is 7.83. The number of benzene rings is 1. The van der Waals surface area contributed by atoms with Gasteiger partial charge >= 0.3 is 0 Å². The average Bonchev–Trinajstić information content (AvgIpc) is 3.40. The molecule has 0 unspecified atom stereocenters. The van der Waals surface area contributed by atoms with Crippen molar-refractivity contribution in [3.8, 4) is 0 Å². The van der Waals surface area contributed by atoms with Crippen LogP contribution in [0.2, 0.25) is 5.02 Å². The molecule has 2 heterocycles. The minimum absolute atomic E-state index is 0.0256. The van der Waals surface area contributed by atoms with Crippen molar-refractivity contribution in [2.45, 2.75) is 51.2 Å². The van der Waals surface area contributed by atoms with Crippen molar-refractivity contribution >= 4 is 17.5 Å². The van der Waals surface area contributed by atoms with Gasteiger partial charge in [-0.1, -0.05) is 49.1 Å².